The summed E-state index contributed by atoms with van der Waals surface area (Å²) in [5.74, 6) is 0.858. The van der Waals surface area contributed by atoms with Crippen molar-refractivity contribution >= 4 is 0 Å². The minimum atomic E-state index is 0.515. The van der Waals surface area contributed by atoms with E-state index in [0.717, 1.165) is 12.0 Å². The van der Waals surface area contributed by atoms with Crippen LogP contribution in [-0.2, 0) is 4.74 Å². The number of hydrogen-bond acceptors (Lipinski definition) is 3. The molecular weight excluding hydrogens is 236 g/mol. The Morgan fingerprint density at radius 3 is 2.42 bits per heavy atom. The van der Waals surface area contributed by atoms with Crippen molar-refractivity contribution < 1.29 is 4.74 Å². The Morgan fingerprint density at radius 2 is 1.89 bits per heavy atom. The molecule has 1 aliphatic heterocycles. The minimum absolute atomic E-state index is 0.515. The lowest BCUT2D eigenvalue weighted by Gasteiger charge is -2.41. The molecular formula is C16H32N2O. The van der Waals surface area contributed by atoms with Crippen LogP contribution in [0.5, 0.6) is 0 Å². The highest BCUT2D eigenvalue weighted by molar-refractivity contribution is 4.84. The second kappa shape index (κ2) is 7.61. The van der Waals surface area contributed by atoms with Gasteiger partial charge in [-0.2, -0.15) is 0 Å². The van der Waals surface area contributed by atoms with Crippen molar-refractivity contribution in [3.05, 3.63) is 0 Å². The third kappa shape index (κ3) is 4.44. The Kier molecular flexibility index (Phi) is 6.11. The molecule has 0 bridgehead atoms. The van der Waals surface area contributed by atoms with E-state index in [0.29, 0.717) is 12.1 Å². The molecule has 0 radical (unpaired) electrons. The zero-order valence-electron chi connectivity index (χ0n) is 13.0. The topological polar surface area (TPSA) is 24.5 Å². The first-order valence-electron chi connectivity index (χ1n) is 8.20. The fourth-order valence-electron chi connectivity index (χ4n) is 3.77. The molecule has 1 saturated carbocycles. The molecule has 2 fully saturated rings. The van der Waals surface area contributed by atoms with Gasteiger partial charge in [-0.1, -0.05) is 0 Å². The number of ether oxygens (including phenoxy) is 1. The van der Waals surface area contributed by atoms with Gasteiger partial charge in [0.15, 0.2) is 0 Å². The van der Waals surface area contributed by atoms with Crippen molar-refractivity contribution in [3.63, 3.8) is 0 Å². The van der Waals surface area contributed by atoms with Crippen LogP contribution < -0.4 is 5.32 Å². The molecule has 2 aliphatic rings. The van der Waals surface area contributed by atoms with Crippen LogP contribution in [-0.4, -0.2) is 49.8 Å². The summed E-state index contributed by atoms with van der Waals surface area (Å²) in [5, 5.41) is 3.55. The number of hydrogen-bond donors (Lipinski definition) is 1. The summed E-state index contributed by atoms with van der Waals surface area (Å²) in [5.41, 5.74) is 0. The minimum Gasteiger partial charge on any atom is -0.381 e. The number of methoxy groups -OCH3 is 1. The Bertz CT molecular complexity index is 243. The van der Waals surface area contributed by atoms with E-state index >= 15 is 0 Å². The second-order valence-electron chi connectivity index (χ2n) is 6.67. The van der Waals surface area contributed by atoms with Crippen LogP contribution in [0.3, 0.4) is 0 Å². The van der Waals surface area contributed by atoms with Gasteiger partial charge >= 0.3 is 0 Å². The van der Waals surface area contributed by atoms with Crippen LogP contribution in [0.4, 0.5) is 0 Å². The molecule has 3 heteroatoms. The smallest absolute Gasteiger partial charge is 0.0572 e. The predicted octanol–water partition coefficient (Wildman–Crippen LogP) is 2.65. The van der Waals surface area contributed by atoms with Crippen LogP contribution in [0.2, 0.25) is 0 Å². The molecule has 0 amide bonds. The van der Waals surface area contributed by atoms with E-state index in [1.54, 1.807) is 0 Å². The molecule has 2 rings (SSSR count). The summed E-state index contributed by atoms with van der Waals surface area (Å²) in [4.78, 5) is 2.77. The summed E-state index contributed by atoms with van der Waals surface area (Å²) in [6, 6.07) is 1.46. The van der Waals surface area contributed by atoms with E-state index in [1.807, 2.05) is 7.11 Å². The van der Waals surface area contributed by atoms with E-state index in [4.69, 9.17) is 4.74 Å². The van der Waals surface area contributed by atoms with Gasteiger partial charge in [0, 0.05) is 25.7 Å². The first-order valence-corrected chi connectivity index (χ1v) is 8.20. The molecule has 0 spiro atoms. The maximum absolute atomic E-state index is 5.50. The third-order valence-electron chi connectivity index (χ3n) is 4.98. The van der Waals surface area contributed by atoms with Crippen molar-refractivity contribution in [1.29, 1.82) is 0 Å². The highest BCUT2D eigenvalue weighted by atomic mass is 16.5. The lowest BCUT2D eigenvalue weighted by molar-refractivity contribution is 0.0235. The summed E-state index contributed by atoms with van der Waals surface area (Å²) < 4.78 is 5.50. The van der Waals surface area contributed by atoms with Gasteiger partial charge in [0.05, 0.1) is 6.10 Å². The van der Waals surface area contributed by atoms with E-state index in [1.165, 1.54) is 58.2 Å². The molecule has 3 nitrogen and oxygen atoms in total. The average Bonchev–Trinajstić information content (AvgIpc) is 2.46. The Balaban J connectivity index is 1.85. The largest absolute Gasteiger partial charge is 0.381 e. The van der Waals surface area contributed by atoms with Crippen LogP contribution in [0.15, 0.2) is 0 Å². The first kappa shape index (κ1) is 15.3. The number of nitrogens with zero attached hydrogens (tertiary/aromatic N) is 1. The summed E-state index contributed by atoms with van der Waals surface area (Å²) >= 11 is 0. The van der Waals surface area contributed by atoms with Gasteiger partial charge in [-0.3, -0.25) is 4.90 Å². The van der Waals surface area contributed by atoms with Crippen molar-refractivity contribution in [3.8, 4) is 0 Å². The first-order chi connectivity index (χ1) is 9.20. The average molecular weight is 268 g/mol. The summed E-state index contributed by atoms with van der Waals surface area (Å²) in [6.07, 6.45) is 8.40. The second-order valence-corrected chi connectivity index (χ2v) is 6.67. The fraction of sp³-hybridized carbons (Fsp3) is 1.00. The summed E-state index contributed by atoms with van der Waals surface area (Å²) in [7, 11) is 1.86. The van der Waals surface area contributed by atoms with Gasteiger partial charge in [-0.25, -0.2) is 0 Å². The highest BCUT2D eigenvalue weighted by Crippen LogP contribution is 2.27. The lowest BCUT2D eigenvalue weighted by atomic mass is 9.89. The van der Waals surface area contributed by atoms with Crippen LogP contribution >= 0.6 is 0 Å². The maximum atomic E-state index is 5.50. The number of nitrogens with one attached hydrogen (secondary N) is 1. The van der Waals surface area contributed by atoms with Crippen molar-refractivity contribution in [2.75, 3.05) is 26.7 Å². The van der Waals surface area contributed by atoms with E-state index < -0.39 is 0 Å². The third-order valence-corrected chi connectivity index (χ3v) is 4.98. The molecule has 1 atom stereocenters. The molecule has 1 unspecified atom stereocenters. The number of rotatable bonds is 5. The Hall–Kier alpha value is -0.120. The zero-order valence-corrected chi connectivity index (χ0v) is 13.0. The quantitative estimate of drug-likeness (QED) is 0.829. The van der Waals surface area contributed by atoms with Gasteiger partial charge in [-0.05, 0) is 71.4 Å². The van der Waals surface area contributed by atoms with Crippen molar-refractivity contribution in [2.45, 2.75) is 70.6 Å². The van der Waals surface area contributed by atoms with Crippen molar-refractivity contribution in [2.24, 2.45) is 5.92 Å². The van der Waals surface area contributed by atoms with Gasteiger partial charge in [0.1, 0.15) is 0 Å². The van der Waals surface area contributed by atoms with Crippen LogP contribution in [0.25, 0.3) is 0 Å². The molecule has 1 aliphatic carbocycles. The SMILES string of the molecule is COC1CCC(N(CC2CCCNC2)C(C)C)CC1. The van der Waals surface area contributed by atoms with E-state index in [-0.39, 0.29) is 0 Å². The van der Waals surface area contributed by atoms with Gasteiger partial charge in [-0.15, -0.1) is 0 Å². The maximum Gasteiger partial charge on any atom is 0.0572 e. The standard InChI is InChI=1S/C16H32N2O/c1-13(2)18(12-14-5-4-10-17-11-14)15-6-8-16(19-3)9-7-15/h13-17H,4-12H2,1-3H3. The summed E-state index contributed by atoms with van der Waals surface area (Å²) in [6.45, 7) is 8.44. The molecule has 19 heavy (non-hydrogen) atoms. The van der Waals surface area contributed by atoms with E-state index in [2.05, 4.69) is 24.1 Å². The molecule has 112 valence electrons. The van der Waals surface area contributed by atoms with E-state index in [9.17, 15) is 0 Å². The van der Waals surface area contributed by atoms with Crippen molar-refractivity contribution in [1.82, 2.24) is 10.2 Å². The van der Waals surface area contributed by atoms with Crippen LogP contribution in [0.1, 0.15) is 52.4 Å². The molecule has 0 aromatic heterocycles. The van der Waals surface area contributed by atoms with Gasteiger partial charge < -0.3 is 10.1 Å². The Labute approximate surface area is 119 Å². The molecule has 1 heterocycles. The highest BCUT2D eigenvalue weighted by Gasteiger charge is 2.29. The normalized spacial score (nSPS) is 33.0. The number of piperidine rings is 1. The zero-order chi connectivity index (χ0) is 13.7. The van der Waals surface area contributed by atoms with Gasteiger partial charge in [0.25, 0.3) is 0 Å². The monoisotopic (exact) mass is 268 g/mol. The fourth-order valence-corrected chi connectivity index (χ4v) is 3.77. The molecule has 0 aromatic carbocycles. The Morgan fingerprint density at radius 1 is 1.16 bits per heavy atom. The lowest BCUT2D eigenvalue weighted by Crippen LogP contribution is -2.48. The molecule has 1 N–H and O–H groups in total. The van der Waals surface area contributed by atoms with Gasteiger partial charge in [0.2, 0.25) is 0 Å². The predicted molar refractivity (Wildman–Crippen MR) is 80.5 cm³/mol. The molecule has 1 saturated heterocycles. The van der Waals surface area contributed by atoms with Crippen LogP contribution in [0, 0.1) is 5.92 Å². The molecule has 0 aromatic rings.